The smallest absolute Gasteiger partial charge is 0.117 e. The maximum Gasteiger partial charge on any atom is 0.117 e. The summed E-state index contributed by atoms with van der Waals surface area (Å²) in [6.07, 6.45) is 1.01. The summed E-state index contributed by atoms with van der Waals surface area (Å²) in [7, 11) is 0. The van der Waals surface area contributed by atoms with Crippen LogP contribution in [-0.4, -0.2) is 17.7 Å². The number of nitrogens with two attached hydrogens (primary N) is 1. The number of aromatic hydroxyl groups is 1. The summed E-state index contributed by atoms with van der Waals surface area (Å²) in [4.78, 5) is 0. The van der Waals surface area contributed by atoms with Gasteiger partial charge in [-0.25, -0.2) is 0 Å². The first kappa shape index (κ1) is 11.9. The molecule has 0 saturated carbocycles. The molecule has 0 bridgehead atoms. The molecule has 1 unspecified atom stereocenters. The van der Waals surface area contributed by atoms with Crippen molar-refractivity contribution in [1.29, 1.82) is 0 Å². The molecule has 0 amide bonds. The lowest BCUT2D eigenvalue weighted by molar-refractivity contribution is 0.475. The number of anilines is 1. The van der Waals surface area contributed by atoms with Gasteiger partial charge in [-0.3, -0.25) is 0 Å². The van der Waals surface area contributed by atoms with Crippen molar-refractivity contribution in [2.75, 3.05) is 11.9 Å². The summed E-state index contributed by atoms with van der Waals surface area (Å²) in [6.45, 7) is 5.06. The average Bonchev–Trinajstić information content (AvgIpc) is 2.14. The molecule has 3 heteroatoms. The lowest BCUT2D eigenvalue weighted by Gasteiger charge is -2.15. The molecule has 1 aromatic rings. The van der Waals surface area contributed by atoms with Crippen LogP contribution in [0.25, 0.3) is 0 Å². The van der Waals surface area contributed by atoms with Gasteiger partial charge < -0.3 is 16.2 Å². The van der Waals surface area contributed by atoms with Gasteiger partial charge >= 0.3 is 0 Å². The average molecular weight is 208 g/mol. The third-order valence-electron chi connectivity index (χ3n) is 2.19. The first-order valence-corrected chi connectivity index (χ1v) is 5.36. The van der Waals surface area contributed by atoms with Crippen LogP contribution < -0.4 is 11.1 Å². The molecular weight excluding hydrogens is 188 g/mol. The maximum atomic E-state index is 9.25. The zero-order chi connectivity index (χ0) is 11.3. The fraction of sp³-hybridized carbons (Fsp3) is 0.500. The molecule has 0 aliphatic carbocycles. The van der Waals surface area contributed by atoms with Crippen molar-refractivity contribution >= 4 is 5.69 Å². The largest absolute Gasteiger partial charge is 0.508 e. The maximum absolute atomic E-state index is 9.25. The van der Waals surface area contributed by atoms with Crippen LogP contribution in [0.5, 0.6) is 5.75 Å². The van der Waals surface area contributed by atoms with E-state index in [0.717, 1.165) is 18.7 Å². The van der Waals surface area contributed by atoms with E-state index in [0.29, 0.717) is 5.92 Å². The lowest BCUT2D eigenvalue weighted by atomic mass is 10.0. The second kappa shape index (κ2) is 5.61. The summed E-state index contributed by atoms with van der Waals surface area (Å²) < 4.78 is 0. The Labute approximate surface area is 91.3 Å². The van der Waals surface area contributed by atoms with Crippen LogP contribution in [0, 0.1) is 5.92 Å². The molecule has 0 aliphatic rings. The van der Waals surface area contributed by atoms with Gasteiger partial charge in [0, 0.05) is 24.3 Å². The summed E-state index contributed by atoms with van der Waals surface area (Å²) in [6, 6.07) is 7.24. The number of phenolic OH excluding ortho intramolecular Hbond substituents is 1. The van der Waals surface area contributed by atoms with Crippen molar-refractivity contribution in [3.8, 4) is 5.75 Å². The first-order chi connectivity index (χ1) is 7.08. The van der Waals surface area contributed by atoms with Crippen LogP contribution in [0.2, 0.25) is 0 Å². The van der Waals surface area contributed by atoms with E-state index < -0.39 is 0 Å². The Morgan fingerprint density at radius 1 is 1.40 bits per heavy atom. The Hall–Kier alpha value is -1.22. The van der Waals surface area contributed by atoms with Crippen LogP contribution in [0.3, 0.4) is 0 Å². The predicted molar refractivity (Wildman–Crippen MR) is 64.0 cm³/mol. The van der Waals surface area contributed by atoms with Crippen LogP contribution in [0.15, 0.2) is 24.3 Å². The van der Waals surface area contributed by atoms with Gasteiger partial charge in [-0.05, 0) is 24.5 Å². The van der Waals surface area contributed by atoms with E-state index in [9.17, 15) is 5.11 Å². The third-order valence-corrected chi connectivity index (χ3v) is 2.19. The van der Waals surface area contributed by atoms with Crippen molar-refractivity contribution in [1.82, 2.24) is 0 Å². The van der Waals surface area contributed by atoms with Crippen LogP contribution in [0.1, 0.15) is 20.3 Å². The third kappa shape index (κ3) is 4.70. The fourth-order valence-electron chi connectivity index (χ4n) is 1.55. The van der Waals surface area contributed by atoms with Gasteiger partial charge in [0.15, 0.2) is 0 Å². The van der Waals surface area contributed by atoms with Gasteiger partial charge in [0.25, 0.3) is 0 Å². The normalized spacial score (nSPS) is 12.8. The molecular formula is C12H20N2O. The molecule has 84 valence electrons. The van der Waals surface area contributed by atoms with Crippen molar-refractivity contribution < 1.29 is 5.11 Å². The molecule has 0 aliphatic heterocycles. The fourth-order valence-corrected chi connectivity index (χ4v) is 1.55. The summed E-state index contributed by atoms with van der Waals surface area (Å²) in [5.41, 5.74) is 6.85. The number of hydrogen-bond donors (Lipinski definition) is 3. The second-order valence-corrected chi connectivity index (χ2v) is 4.32. The number of nitrogens with one attached hydrogen (secondary N) is 1. The molecule has 0 saturated heterocycles. The molecule has 1 rings (SSSR count). The van der Waals surface area contributed by atoms with E-state index in [1.165, 1.54) is 0 Å². The van der Waals surface area contributed by atoms with Crippen LogP contribution in [0.4, 0.5) is 5.69 Å². The number of hydrogen-bond acceptors (Lipinski definition) is 3. The van der Waals surface area contributed by atoms with Gasteiger partial charge in [0.1, 0.15) is 5.75 Å². The standard InChI is InChI=1S/C12H20N2O/c1-9(2)6-10(13)8-14-11-4-3-5-12(15)7-11/h3-5,7,9-10,14-15H,6,8,13H2,1-2H3. The minimum absolute atomic E-state index is 0.160. The Balaban J connectivity index is 2.36. The lowest BCUT2D eigenvalue weighted by Crippen LogP contribution is -2.30. The monoisotopic (exact) mass is 208 g/mol. The molecule has 0 spiro atoms. The zero-order valence-electron chi connectivity index (χ0n) is 9.40. The highest BCUT2D eigenvalue weighted by molar-refractivity contribution is 5.47. The second-order valence-electron chi connectivity index (χ2n) is 4.32. The van der Waals surface area contributed by atoms with E-state index >= 15 is 0 Å². The van der Waals surface area contributed by atoms with Gasteiger partial charge in [-0.2, -0.15) is 0 Å². The molecule has 0 heterocycles. The SMILES string of the molecule is CC(C)CC(N)CNc1cccc(O)c1. The van der Waals surface area contributed by atoms with Crippen LogP contribution >= 0.6 is 0 Å². The van der Waals surface area contributed by atoms with Crippen molar-refractivity contribution in [2.24, 2.45) is 11.7 Å². The first-order valence-electron chi connectivity index (χ1n) is 5.36. The number of rotatable bonds is 5. The molecule has 0 radical (unpaired) electrons. The highest BCUT2D eigenvalue weighted by atomic mass is 16.3. The van der Waals surface area contributed by atoms with E-state index in [4.69, 9.17) is 5.73 Å². The minimum atomic E-state index is 0.160. The molecule has 15 heavy (non-hydrogen) atoms. The van der Waals surface area contributed by atoms with Crippen LogP contribution in [-0.2, 0) is 0 Å². The zero-order valence-corrected chi connectivity index (χ0v) is 9.40. The van der Waals surface area contributed by atoms with Gasteiger partial charge in [-0.15, -0.1) is 0 Å². The minimum Gasteiger partial charge on any atom is -0.508 e. The number of phenols is 1. The molecule has 4 N–H and O–H groups in total. The Morgan fingerprint density at radius 2 is 2.13 bits per heavy atom. The molecule has 0 fully saturated rings. The van der Waals surface area contributed by atoms with E-state index in [-0.39, 0.29) is 11.8 Å². The summed E-state index contributed by atoms with van der Waals surface area (Å²) in [5.74, 6) is 0.892. The highest BCUT2D eigenvalue weighted by Crippen LogP contribution is 2.15. The molecule has 1 aromatic carbocycles. The van der Waals surface area contributed by atoms with Gasteiger partial charge in [0.2, 0.25) is 0 Å². The highest BCUT2D eigenvalue weighted by Gasteiger charge is 2.04. The Morgan fingerprint density at radius 3 is 2.73 bits per heavy atom. The predicted octanol–water partition coefficient (Wildman–Crippen LogP) is 2.18. The van der Waals surface area contributed by atoms with Gasteiger partial charge in [-0.1, -0.05) is 19.9 Å². The van der Waals surface area contributed by atoms with E-state index in [1.54, 1.807) is 12.1 Å². The Bertz CT molecular complexity index is 299. The van der Waals surface area contributed by atoms with Gasteiger partial charge in [0.05, 0.1) is 0 Å². The quantitative estimate of drug-likeness (QED) is 0.695. The summed E-state index contributed by atoms with van der Waals surface area (Å²) >= 11 is 0. The van der Waals surface area contributed by atoms with E-state index in [1.807, 2.05) is 12.1 Å². The van der Waals surface area contributed by atoms with Crippen molar-refractivity contribution in [2.45, 2.75) is 26.3 Å². The Kier molecular flexibility index (Phi) is 4.43. The molecule has 1 atom stereocenters. The molecule has 0 aromatic heterocycles. The topological polar surface area (TPSA) is 58.3 Å². The van der Waals surface area contributed by atoms with E-state index in [2.05, 4.69) is 19.2 Å². The van der Waals surface area contributed by atoms with Crippen molar-refractivity contribution in [3.63, 3.8) is 0 Å². The van der Waals surface area contributed by atoms with Crippen molar-refractivity contribution in [3.05, 3.63) is 24.3 Å². The number of benzene rings is 1. The summed E-state index contributed by atoms with van der Waals surface area (Å²) in [5, 5.41) is 12.5. The molecule has 3 nitrogen and oxygen atoms in total.